The Morgan fingerprint density at radius 3 is 2.84 bits per heavy atom. The van der Waals surface area contributed by atoms with Gasteiger partial charge in [-0.1, -0.05) is 29.4 Å². The van der Waals surface area contributed by atoms with Crippen LogP contribution in [0.3, 0.4) is 0 Å². The lowest BCUT2D eigenvalue weighted by Crippen LogP contribution is -2.25. The van der Waals surface area contributed by atoms with Crippen LogP contribution in [-0.4, -0.2) is 32.5 Å². The molecule has 1 aliphatic rings. The van der Waals surface area contributed by atoms with Crippen molar-refractivity contribution in [3.63, 3.8) is 0 Å². The predicted molar refractivity (Wildman–Crippen MR) is 86.7 cm³/mol. The standard InChI is InChI=1S/C18H15FN4O2/c19-14-6-2-1-5-12(14)10-23-11-13(9-16(23)24)17-21-18(25-22-17)15-7-3-4-8-20-15/h1-8,13H,9-11H2. The molecule has 0 saturated carbocycles. The summed E-state index contributed by atoms with van der Waals surface area (Å²) in [6, 6.07) is 11.9. The zero-order valence-corrected chi connectivity index (χ0v) is 13.3. The maximum atomic E-state index is 13.8. The minimum atomic E-state index is -0.309. The van der Waals surface area contributed by atoms with Crippen LogP contribution >= 0.6 is 0 Å². The van der Waals surface area contributed by atoms with Crippen LogP contribution < -0.4 is 0 Å². The fourth-order valence-corrected chi connectivity index (χ4v) is 2.92. The fourth-order valence-electron chi connectivity index (χ4n) is 2.92. The fraction of sp³-hybridized carbons (Fsp3) is 0.222. The highest BCUT2D eigenvalue weighted by molar-refractivity contribution is 5.79. The van der Waals surface area contributed by atoms with Gasteiger partial charge in [-0.3, -0.25) is 9.78 Å². The lowest BCUT2D eigenvalue weighted by Gasteiger charge is -2.16. The number of halogens is 1. The minimum absolute atomic E-state index is 0.0440. The van der Waals surface area contributed by atoms with Crippen molar-refractivity contribution in [2.24, 2.45) is 0 Å². The molecule has 25 heavy (non-hydrogen) atoms. The number of amides is 1. The molecule has 4 rings (SSSR count). The van der Waals surface area contributed by atoms with E-state index in [0.29, 0.717) is 29.5 Å². The molecule has 1 atom stereocenters. The number of benzene rings is 1. The number of hydrogen-bond donors (Lipinski definition) is 0. The number of nitrogens with zero attached hydrogens (tertiary/aromatic N) is 4. The van der Waals surface area contributed by atoms with E-state index in [2.05, 4.69) is 15.1 Å². The number of carbonyl (C=O) groups is 1. The molecule has 0 N–H and O–H groups in total. The first-order valence-corrected chi connectivity index (χ1v) is 7.97. The highest BCUT2D eigenvalue weighted by atomic mass is 19.1. The van der Waals surface area contributed by atoms with Crippen molar-refractivity contribution in [2.45, 2.75) is 18.9 Å². The Bertz CT molecular complexity index is 897. The van der Waals surface area contributed by atoms with Crippen LogP contribution in [0, 0.1) is 5.82 Å². The molecule has 0 bridgehead atoms. The van der Waals surface area contributed by atoms with Gasteiger partial charge in [0.1, 0.15) is 11.5 Å². The average molecular weight is 338 g/mol. The summed E-state index contributed by atoms with van der Waals surface area (Å²) < 4.78 is 19.1. The monoisotopic (exact) mass is 338 g/mol. The van der Waals surface area contributed by atoms with E-state index in [4.69, 9.17) is 4.52 Å². The van der Waals surface area contributed by atoms with E-state index in [1.807, 2.05) is 6.07 Å². The maximum Gasteiger partial charge on any atom is 0.276 e. The number of aromatic nitrogens is 3. The Balaban J connectivity index is 1.49. The molecule has 2 aromatic heterocycles. The maximum absolute atomic E-state index is 13.8. The van der Waals surface area contributed by atoms with Crippen LogP contribution in [-0.2, 0) is 11.3 Å². The van der Waals surface area contributed by atoms with Gasteiger partial charge in [0.25, 0.3) is 5.89 Å². The second-order valence-corrected chi connectivity index (χ2v) is 5.94. The van der Waals surface area contributed by atoms with E-state index in [1.54, 1.807) is 41.4 Å². The van der Waals surface area contributed by atoms with Crippen LogP contribution in [0.2, 0.25) is 0 Å². The summed E-state index contributed by atoms with van der Waals surface area (Å²) in [6.45, 7) is 0.682. The molecular weight excluding hydrogens is 323 g/mol. The van der Waals surface area contributed by atoms with Crippen molar-refractivity contribution in [1.82, 2.24) is 20.0 Å². The Hall–Kier alpha value is -3.09. The second-order valence-electron chi connectivity index (χ2n) is 5.94. The molecular formula is C18H15FN4O2. The Morgan fingerprint density at radius 2 is 2.04 bits per heavy atom. The molecule has 1 unspecified atom stereocenters. The molecule has 0 radical (unpaired) electrons. The van der Waals surface area contributed by atoms with Gasteiger partial charge in [-0.05, 0) is 18.2 Å². The van der Waals surface area contributed by atoms with Gasteiger partial charge in [-0.2, -0.15) is 4.98 Å². The van der Waals surface area contributed by atoms with E-state index in [9.17, 15) is 9.18 Å². The third kappa shape index (κ3) is 3.13. The van der Waals surface area contributed by atoms with Crippen molar-refractivity contribution in [1.29, 1.82) is 0 Å². The van der Waals surface area contributed by atoms with Gasteiger partial charge in [-0.15, -0.1) is 0 Å². The van der Waals surface area contributed by atoms with Crippen LogP contribution in [0.15, 0.2) is 53.2 Å². The molecule has 0 spiro atoms. The Labute approximate surface area is 143 Å². The van der Waals surface area contributed by atoms with Crippen LogP contribution in [0.4, 0.5) is 4.39 Å². The van der Waals surface area contributed by atoms with Gasteiger partial charge < -0.3 is 9.42 Å². The van der Waals surface area contributed by atoms with Crippen molar-refractivity contribution < 1.29 is 13.7 Å². The molecule has 1 fully saturated rings. The Morgan fingerprint density at radius 1 is 1.20 bits per heavy atom. The summed E-state index contributed by atoms with van der Waals surface area (Å²) in [7, 11) is 0. The van der Waals surface area contributed by atoms with Crippen molar-refractivity contribution in [3.05, 3.63) is 65.9 Å². The van der Waals surface area contributed by atoms with Crippen LogP contribution in [0.1, 0.15) is 23.7 Å². The smallest absolute Gasteiger partial charge is 0.276 e. The second kappa shape index (κ2) is 6.43. The van der Waals surface area contributed by atoms with Gasteiger partial charge in [-0.25, -0.2) is 4.39 Å². The summed E-state index contributed by atoms with van der Waals surface area (Å²) in [4.78, 5) is 22.4. The van der Waals surface area contributed by atoms with Crippen molar-refractivity contribution >= 4 is 5.91 Å². The number of hydrogen-bond acceptors (Lipinski definition) is 5. The topological polar surface area (TPSA) is 72.1 Å². The highest BCUT2D eigenvalue weighted by Crippen LogP contribution is 2.29. The van der Waals surface area contributed by atoms with Gasteiger partial charge in [0.05, 0.1) is 0 Å². The SMILES string of the molecule is O=C1CC(c2noc(-c3ccccn3)n2)CN1Cc1ccccc1F. The lowest BCUT2D eigenvalue weighted by molar-refractivity contribution is -0.128. The molecule has 7 heteroatoms. The van der Waals surface area contributed by atoms with Gasteiger partial charge in [0.2, 0.25) is 5.91 Å². The molecule has 0 aliphatic carbocycles. The van der Waals surface area contributed by atoms with E-state index in [0.717, 1.165) is 0 Å². The summed E-state index contributed by atoms with van der Waals surface area (Å²) in [5.41, 5.74) is 1.09. The predicted octanol–water partition coefficient (Wildman–Crippen LogP) is 2.79. The lowest BCUT2D eigenvalue weighted by atomic mass is 10.1. The molecule has 3 heterocycles. The highest BCUT2D eigenvalue weighted by Gasteiger charge is 2.34. The zero-order valence-electron chi connectivity index (χ0n) is 13.3. The summed E-state index contributed by atoms with van der Waals surface area (Å²) in [5, 5.41) is 3.99. The number of likely N-dealkylation sites (tertiary alicyclic amines) is 1. The summed E-state index contributed by atoms with van der Waals surface area (Å²) in [5.74, 6) is 0.286. The minimum Gasteiger partial charge on any atom is -0.337 e. The molecule has 3 aromatic rings. The third-order valence-corrected chi connectivity index (χ3v) is 4.22. The van der Waals surface area contributed by atoms with Crippen molar-refractivity contribution in [3.8, 4) is 11.6 Å². The molecule has 6 nitrogen and oxygen atoms in total. The van der Waals surface area contributed by atoms with Crippen molar-refractivity contribution in [2.75, 3.05) is 6.54 Å². The van der Waals surface area contributed by atoms with E-state index in [-0.39, 0.29) is 30.6 Å². The first kappa shape index (κ1) is 15.4. The summed E-state index contributed by atoms with van der Waals surface area (Å²) >= 11 is 0. The third-order valence-electron chi connectivity index (χ3n) is 4.22. The molecule has 1 saturated heterocycles. The molecule has 1 aliphatic heterocycles. The Kier molecular flexibility index (Phi) is 3.97. The quantitative estimate of drug-likeness (QED) is 0.731. The normalized spacial score (nSPS) is 17.2. The number of carbonyl (C=O) groups excluding carboxylic acids is 1. The zero-order chi connectivity index (χ0) is 17.2. The van der Waals surface area contributed by atoms with Gasteiger partial charge in [0, 0.05) is 37.2 Å². The summed E-state index contributed by atoms with van der Waals surface area (Å²) in [6.07, 6.45) is 1.93. The van der Waals surface area contributed by atoms with E-state index < -0.39 is 0 Å². The van der Waals surface area contributed by atoms with Gasteiger partial charge in [0.15, 0.2) is 5.82 Å². The molecule has 126 valence electrons. The first-order valence-electron chi connectivity index (χ1n) is 7.97. The average Bonchev–Trinajstić information content (AvgIpc) is 3.25. The molecule has 1 aromatic carbocycles. The first-order chi connectivity index (χ1) is 12.2. The number of pyridine rings is 1. The molecule has 1 amide bonds. The van der Waals surface area contributed by atoms with Gasteiger partial charge >= 0.3 is 0 Å². The van der Waals surface area contributed by atoms with E-state index in [1.165, 1.54) is 6.07 Å². The number of rotatable bonds is 4. The van der Waals surface area contributed by atoms with Crippen LogP contribution in [0.5, 0.6) is 0 Å². The van der Waals surface area contributed by atoms with Crippen LogP contribution in [0.25, 0.3) is 11.6 Å². The largest absolute Gasteiger partial charge is 0.337 e. The van der Waals surface area contributed by atoms with E-state index >= 15 is 0 Å².